The average molecular weight is 167 g/mol. The Labute approximate surface area is 69.6 Å². The summed E-state index contributed by atoms with van der Waals surface area (Å²) in [7, 11) is 0. The van der Waals surface area contributed by atoms with E-state index in [2.05, 4.69) is 16.6 Å². The third kappa shape index (κ3) is 1.77. The van der Waals surface area contributed by atoms with Crippen LogP contribution in [0, 0.1) is 0 Å². The van der Waals surface area contributed by atoms with Gasteiger partial charge in [0.05, 0.1) is 0 Å². The van der Waals surface area contributed by atoms with Gasteiger partial charge in [-0.05, 0) is 5.53 Å². The Balaban J connectivity index is 2.55. The first-order chi connectivity index (χ1) is 5.77. The van der Waals surface area contributed by atoms with Crippen LogP contribution in [0.5, 0.6) is 0 Å². The molecule has 0 unspecified atom stereocenters. The van der Waals surface area contributed by atoms with Crippen LogP contribution in [0.4, 0.5) is 0 Å². The number of hydrogen-bond acceptors (Lipinski definition) is 3. The van der Waals surface area contributed by atoms with E-state index >= 15 is 0 Å². The molecule has 1 heterocycles. The maximum absolute atomic E-state index is 10.9. The molecule has 1 aliphatic heterocycles. The molecule has 1 aliphatic rings. The van der Waals surface area contributed by atoms with Gasteiger partial charge in [0.2, 0.25) is 0 Å². The predicted octanol–water partition coefficient (Wildman–Crippen LogP) is 1.56. The first-order valence-corrected chi connectivity index (χ1v) is 3.63. The molecule has 1 saturated heterocycles. The second kappa shape index (κ2) is 3.78. The lowest BCUT2D eigenvalue weighted by Crippen LogP contribution is -2.09. The van der Waals surface area contributed by atoms with E-state index < -0.39 is 12.0 Å². The first-order valence-electron chi connectivity index (χ1n) is 3.63. The molecule has 0 aliphatic carbocycles. The van der Waals surface area contributed by atoms with Gasteiger partial charge in [-0.3, -0.25) is 4.79 Å². The highest BCUT2D eigenvalue weighted by molar-refractivity contribution is 5.78. The molecule has 0 amide bonds. The van der Waals surface area contributed by atoms with Crippen molar-refractivity contribution < 1.29 is 9.53 Å². The fraction of sp³-hybridized carbons (Fsp3) is 0.571. The molecule has 0 bridgehead atoms. The number of ether oxygens (including phenoxy) is 1. The molecule has 0 aromatic carbocycles. The third-order valence-electron chi connectivity index (χ3n) is 1.66. The SMILES string of the molecule is C=CC[C@H]1C[C@H](N=[N+]=[N-])C(=O)O1. The van der Waals surface area contributed by atoms with Crippen molar-refractivity contribution in [2.75, 3.05) is 0 Å². The summed E-state index contributed by atoms with van der Waals surface area (Å²) >= 11 is 0. The molecule has 0 aromatic heterocycles. The highest BCUT2D eigenvalue weighted by Crippen LogP contribution is 2.20. The summed E-state index contributed by atoms with van der Waals surface area (Å²) in [6.07, 6.45) is 2.60. The molecule has 12 heavy (non-hydrogen) atoms. The summed E-state index contributed by atoms with van der Waals surface area (Å²) in [5.74, 6) is -0.431. The fourth-order valence-electron chi connectivity index (χ4n) is 1.12. The Hall–Kier alpha value is -1.48. The molecule has 5 heteroatoms. The van der Waals surface area contributed by atoms with Gasteiger partial charge in [0.25, 0.3) is 0 Å². The van der Waals surface area contributed by atoms with Crippen molar-refractivity contribution in [1.29, 1.82) is 0 Å². The maximum atomic E-state index is 10.9. The van der Waals surface area contributed by atoms with Crippen LogP contribution in [0.15, 0.2) is 17.8 Å². The Kier molecular flexibility index (Phi) is 2.71. The summed E-state index contributed by atoms with van der Waals surface area (Å²) in [5, 5.41) is 3.31. The average Bonchev–Trinajstić information content (AvgIpc) is 2.34. The van der Waals surface area contributed by atoms with Crippen molar-refractivity contribution in [1.82, 2.24) is 0 Å². The summed E-state index contributed by atoms with van der Waals surface area (Å²) in [4.78, 5) is 13.5. The molecule has 0 aromatic rings. The quantitative estimate of drug-likeness (QED) is 0.210. The van der Waals surface area contributed by atoms with Crippen molar-refractivity contribution >= 4 is 5.97 Å². The van der Waals surface area contributed by atoms with E-state index in [-0.39, 0.29) is 6.10 Å². The number of azide groups is 1. The monoisotopic (exact) mass is 167 g/mol. The van der Waals surface area contributed by atoms with E-state index in [1.807, 2.05) is 0 Å². The Morgan fingerprint density at radius 3 is 3.25 bits per heavy atom. The second-order valence-electron chi connectivity index (χ2n) is 2.54. The molecule has 0 spiro atoms. The van der Waals surface area contributed by atoms with Crippen molar-refractivity contribution in [3.63, 3.8) is 0 Å². The van der Waals surface area contributed by atoms with E-state index in [1.54, 1.807) is 6.08 Å². The van der Waals surface area contributed by atoms with E-state index in [0.717, 1.165) is 0 Å². The predicted molar refractivity (Wildman–Crippen MR) is 42.2 cm³/mol. The number of hydrogen-bond donors (Lipinski definition) is 0. The standard InChI is InChI=1S/C7H9N3O2/c1-2-3-5-4-6(9-10-8)7(11)12-5/h2,5-6H,1,3-4H2/t5-,6-/m0/s1. The smallest absolute Gasteiger partial charge is 0.315 e. The maximum Gasteiger partial charge on any atom is 0.315 e. The number of carbonyl (C=O) groups is 1. The van der Waals surface area contributed by atoms with Gasteiger partial charge in [0.15, 0.2) is 0 Å². The highest BCUT2D eigenvalue weighted by atomic mass is 16.6. The molecule has 0 N–H and O–H groups in total. The molecule has 64 valence electrons. The number of rotatable bonds is 3. The molecular formula is C7H9N3O2. The molecule has 1 rings (SSSR count). The van der Waals surface area contributed by atoms with Crippen molar-refractivity contribution in [3.05, 3.63) is 23.1 Å². The summed E-state index contributed by atoms with van der Waals surface area (Å²) < 4.78 is 4.89. The lowest BCUT2D eigenvalue weighted by molar-refractivity contribution is -0.142. The van der Waals surface area contributed by atoms with Gasteiger partial charge in [-0.25, -0.2) is 0 Å². The normalized spacial score (nSPS) is 27.5. The van der Waals surface area contributed by atoms with Crippen LogP contribution >= 0.6 is 0 Å². The largest absolute Gasteiger partial charge is 0.462 e. The number of carbonyl (C=O) groups excluding carboxylic acids is 1. The lowest BCUT2D eigenvalue weighted by Gasteiger charge is -2.02. The molecule has 2 atom stereocenters. The van der Waals surface area contributed by atoms with Crippen LogP contribution < -0.4 is 0 Å². The Morgan fingerprint density at radius 2 is 2.67 bits per heavy atom. The van der Waals surface area contributed by atoms with Crippen LogP contribution in [0.2, 0.25) is 0 Å². The van der Waals surface area contributed by atoms with E-state index in [1.165, 1.54) is 0 Å². The molecule has 1 fully saturated rings. The van der Waals surface area contributed by atoms with Crippen molar-refractivity contribution in [2.45, 2.75) is 25.0 Å². The number of cyclic esters (lactones) is 1. The van der Waals surface area contributed by atoms with Gasteiger partial charge < -0.3 is 4.74 Å². The second-order valence-corrected chi connectivity index (χ2v) is 2.54. The Morgan fingerprint density at radius 1 is 1.92 bits per heavy atom. The minimum absolute atomic E-state index is 0.162. The number of esters is 1. The van der Waals surface area contributed by atoms with E-state index in [4.69, 9.17) is 10.3 Å². The van der Waals surface area contributed by atoms with Gasteiger partial charge >= 0.3 is 5.97 Å². The molecular weight excluding hydrogens is 158 g/mol. The van der Waals surface area contributed by atoms with Crippen LogP contribution in [0.25, 0.3) is 10.4 Å². The molecule has 5 nitrogen and oxygen atoms in total. The minimum Gasteiger partial charge on any atom is -0.462 e. The summed E-state index contributed by atoms with van der Waals surface area (Å²) in [6.45, 7) is 3.53. The van der Waals surface area contributed by atoms with Crippen LogP contribution in [-0.4, -0.2) is 18.1 Å². The van der Waals surface area contributed by atoms with Gasteiger partial charge in [0.1, 0.15) is 12.1 Å². The zero-order valence-corrected chi connectivity index (χ0v) is 6.51. The first kappa shape index (κ1) is 8.62. The van der Waals surface area contributed by atoms with Crippen LogP contribution in [0.3, 0.4) is 0 Å². The lowest BCUT2D eigenvalue weighted by atomic mass is 10.1. The zero-order chi connectivity index (χ0) is 8.97. The summed E-state index contributed by atoms with van der Waals surface area (Å²) in [6, 6.07) is -0.639. The Bertz CT molecular complexity index is 245. The van der Waals surface area contributed by atoms with Crippen molar-refractivity contribution in [3.8, 4) is 0 Å². The van der Waals surface area contributed by atoms with Crippen LogP contribution in [-0.2, 0) is 9.53 Å². The highest BCUT2D eigenvalue weighted by Gasteiger charge is 2.32. The fourth-order valence-corrected chi connectivity index (χ4v) is 1.12. The van der Waals surface area contributed by atoms with E-state index in [0.29, 0.717) is 12.8 Å². The van der Waals surface area contributed by atoms with Gasteiger partial charge in [-0.2, -0.15) is 0 Å². The van der Waals surface area contributed by atoms with Gasteiger partial charge in [0, 0.05) is 17.8 Å². The topological polar surface area (TPSA) is 75.1 Å². The van der Waals surface area contributed by atoms with E-state index in [9.17, 15) is 4.79 Å². The van der Waals surface area contributed by atoms with Gasteiger partial charge in [-0.15, -0.1) is 6.58 Å². The van der Waals surface area contributed by atoms with Gasteiger partial charge in [-0.1, -0.05) is 11.2 Å². The molecule has 0 radical (unpaired) electrons. The summed E-state index contributed by atoms with van der Waals surface area (Å²) in [5.41, 5.74) is 8.09. The zero-order valence-electron chi connectivity index (χ0n) is 6.51. The molecule has 0 saturated carbocycles. The van der Waals surface area contributed by atoms with Crippen molar-refractivity contribution in [2.24, 2.45) is 5.11 Å². The number of nitrogens with zero attached hydrogens (tertiary/aromatic N) is 3. The third-order valence-corrected chi connectivity index (χ3v) is 1.66. The minimum atomic E-state index is -0.639. The van der Waals surface area contributed by atoms with Crippen LogP contribution in [0.1, 0.15) is 12.8 Å².